The predicted molar refractivity (Wildman–Crippen MR) is 75.6 cm³/mol. The standard InChI is InChI=1S/C14H17BrFNO2/c1-3-13-9(4-5-19-13)14(18)17-12-7-10(15)11(16)6-8(12)2/h6-7,9,13H,3-5H2,1-2H3,(H,17,18). The Bertz CT molecular complexity index is 493. The average Bonchev–Trinajstić information content (AvgIpc) is 2.84. The summed E-state index contributed by atoms with van der Waals surface area (Å²) in [6.07, 6.45) is 1.56. The molecule has 2 unspecified atom stereocenters. The van der Waals surface area contributed by atoms with E-state index in [1.807, 2.05) is 6.92 Å². The van der Waals surface area contributed by atoms with Gasteiger partial charge in [-0.2, -0.15) is 0 Å². The van der Waals surface area contributed by atoms with Gasteiger partial charge < -0.3 is 10.1 Å². The Labute approximate surface area is 120 Å². The second-order valence-corrected chi connectivity index (χ2v) is 5.64. The smallest absolute Gasteiger partial charge is 0.230 e. The monoisotopic (exact) mass is 329 g/mol. The number of aryl methyl sites for hydroxylation is 1. The third-order valence-corrected chi connectivity index (χ3v) is 4.08. The second-order valence-electron chi connectivity index (χ2n) is 4.78. The number of hydrogen-bond donors (Lipinski definition) is 1. The van der Waals surface area contributed by atoms with Crippen molar-refractivity contribution >= 4 is 27.5 Å². The number of nitrogens with one attached hydrogen (secondary N) is 1. The zero-order valence-electron chi connectivity index (χ0n) is 11.0. The molecule has 1 N–H and O–H groups in total. The first-order valence-electron chi connectivity index (χ1n) is 6.41. The van der Waals surface area contributed by atoms with Gasteiger partial charge >= 0.3 is 0 Å². The van der Waals surface area contributed by atoms with Crippen LogP contribution in [0.15, 0.2) is 16.6 Å². The van der Waals surface area contributed by atoms with Crippen LogP contribution < -0.4 is 5.32 Å². The molecule has 1 aromatic rings. The molecule has 0 aromatic heterocycles. The topological polar surface area (TPSA) is 38.3 Å². The van der Waals surface area contributed by atoms with Crippen LogP contribution in [-0.2, 0) is 9.53 Å². The van der Waals surface area contributed by atoms with E-state index in [0.29, 0.717) is 22.3 Å². The molecule has 1 saturated heterocycles. The lowest BCUT2D eigenvalue weighted by atomic mass is 9.98. The molecule has 5 heteroatoms. The molecule has 0 spiro atoms. The van der Waals surface area contributed by atoms with Gasteiger partial charge in [0.1, 0.15) is 5.82 Å². The number of hydrogen-bond acceptors (Lipinski definition) is 2. The SMILES string of the molecule is CCC1OCCC1C(=O)Nc1cc(Br)c(F)cc1C. The molecule has 1 aliphatic heterocycles. The fraction of sp³-hybridized carbons (Fsp3) is 0.500. The molecule has 3 nitrogen and oxygen atoms in total. The first kappa shape index (κ1) is 14.5. The van der Waals surface area contributed by atoms with Gasteiger partial charge in [0, 0.05) is 12.3 Å². The summed E-state index contributed by atoms with van der Waals surface area (Å²) >= 11 is 3.13. The third-order valence-electron chi connectivity index (χ3n) is 3.47. The zero-order chi connectivity index (χ0) is 14.0. The molecule has 1 amide bonds. The van der Waals surface area contributed by atoms with Gasteiger partial charge in [0.25, 0.3) is 0 Å². The van der Waals surface area contributed by atoms with Gasteiger partial charge in [-0.3, -0.25) is 4.79 Å². The summed E-state index contributed by atoms with van der Waals surface area (Å²) in [4.78, 5) is 12.2. The lowest BCUT2D eigenvalue weighted by molar-refractivity contribution is -0.121. The fourth-order valence-electron chi connectivity index (χ4n) is 2.36. The predicted octanol–water partition coefficient (Wildman–Crippen LogP) is 3.65. The summed E-state index contributed by atoms with van der Waals surface area (Å²) < 4.78 is 19.2. The highest BCUT2D eigenvalue weighted by atomic mass is 79.9. The van der Waals surface area contributed by atoms with Gasteiger partial charge in [0.05, 0.1) is 16.5 Å². The molecule has 2 atom stereocenters. The van der Waals surface area contributed by atoms with Gasteiger partial charge in [-0.05, 0) is 53.4 Å². The number of anilines is 1. The van der Waals surface area contributed by atoms with Crippen molar-refractivity contribution in [1.29, 1.82) is 0 Å². The molecule has 104 valence electrons. The Morgan fingerprint density at radius 1 is 1.58 bits per heavy atom. The highest BCUT2D eigenvalue weighted by molar-refractivity contribution is 9.10. The van der Waals surface area contributed by atoms with Crippen molar-refractivity contribution in [3.63, 3.8) is 0 Å². The van der Waals surface area contributed by atoms with E-state index in [9.17, 15) is 9.18 Å². The lowest BCUT2D eigenvalue weighted by Gasteiger charge is -2.17. The molecule has 1 aliphatic rings. The highest BCUT2D eigenvalue weighted by Crippen LogP contribution is 2.28. The Hall–Kier alpha value is -0.940. The van der Waals surface area contributed by atoms with Gasteiger partial charge in [-0.15, -0.1) is 0 Å². The first-order chi connectivity index (χ1) is 9.02. The van der Waals surface area contributed by atoms with Gasteiger partial charge in [0.2, 0.25) is 5.91 Å². The largest absolute Gasteiger partial charge is 0.377 e. The van der Waals surface area contributed by atoms with Crippen molar-refractivity contribution < 1.29 is 13.9 Å². The minimum Gasteiger partial charge on any atom is -0.377 e. The van der Waals surface area contributed by atoms with E-state index in [-0.39, 0.29) is 23.7 Å². The quantitative estimate of drug-likeness (QED) is 0.919. The summed E-state index contributed by atoms with van der Waals surface area (Å²) in [5, 5.41) is 2.87. The van der Waals surface area contributed by atoms with E-state index in [1.165, 1.54) is 6.07 Å². The van der Waals surface area contributed by atoms with Crippen LogP contribution in [0.5, 0.6) is 0 Å². The zero-order valence-corrected chi connectivity index (χ0v) is 12.6. The van der Waals surface area contributed by atoms with E-state index in [1.54, 1.807) is 13.0 Å². The van der Waals surface area contributed by atoms with E-state index in [0.717, 1.165) is 12.8 Å². The van der Waals surface area contributed by atoms with Crippen LogP contribution >= 0.6 is 15.9 Å². The van der Waals surface area contributed by atoms with Crippen molar-refractivity contribution in [3.05, 3.63) is 28.0 Å². The Morgan fingerprint density at radius 2 is 2.32 bits per heavy atom. The van der Waals surface area contributed by atoms with Crippen molar-refractivity contribution in [2.24, 2.45) is 5.92 Å². The third kappa shape index (κ3) is 3.15. The van der Waals surface area contributed by atoms with Crippen LogP contribution in [0.4, 0.5) is 10.1 Å². The molecule has 1 aromatic carbocycles. The molecular formula is C14H17BrFNO2. The van der Waals surface area contributed by atoms with Gasteiger partial charge in [-0.1, -0.05) is 6.92 Å². The van der Waals surface area contributed by atoms with Gasteiger partial charge in [0.15, 0.2) is 0 Å². The minimum absolute atomic E-state index is 0.0100. The van der Waals surface area contributed by atoms with E-state index in [2.05, 4.69) is 21.2 Å². The molecule has 0 bridgehead atoms. The average molecular weight is 330 g/mol. The number of benzene rings is 1. The number of carbonyl (C=O) groups is 1. The van der Waals surface area contributed by atoms with Gasteiger partial charge in [-0.25, -0.2) is 4.39 Å². The fourth-order valence-corrected chi connectivity index (χ4v) is 2.70. The van der Waals surface area contributed by atoms with E-state index >= 15 is 0 Å². The number of carbonyl (C=O) groups excluding carboxylic acids is 1. The number of rotatable bonds is 3. The maximum Gasteiger partial charge on any atom is 0.230 e. The second kappa shape index (κ2) is 6.01. The Morgan fingerprint density at radius 3 is 3.00 bits per heavy atom. The van der Waals surface area contributed by atoms with E-state index in [4.69, 9.17) is 4.74 Å². The van der Waals surface area contributed by atoms with Crippen LogP contribution in [0, 0.1) is 18.7 Å². The summed E-state index contributed by atoms with van der Waals surface area (Å²) in [7, 11) is 0. The maximum absolute atomic E-state index is 13.3. The molecule has 0 aliphatic carbocycles. The van der Waals surface area contributed by atoms with Crippen molar-refractivity contribution in [2.45, 2.75) is 32.8 Å². The Balaban J connectivity index is 2.13. The summed E-state index contributed by atoms with van der Waals surface area (Å²) in [6.45, 7) is 4.41. The molecular weight excluding hydrogens is 313 g/mol. The normalized spacial score (nSPS) is 22.5. The minimum atomic E-state index is -0.328. The number of halogens is 2. The Kier molecular flexibility index (Phi) is 4.58. The van der Waals surface area contributed by atoms with Crippen molar-refractivity contribution in [3.8, 4) is 0 Å². The van der Waals surface area contributed by atoms with Crippen LogP contribution in [0.1, 0.15) is 25.3 Å². The van der Waals surface area contributed by atoms with Crippen LogP contribution in [0.25, 0.3) is 0 Å². The van der Waals surface area contributed by atoms with Crippen LogP contribution in [0.3, 0.4) is 0 Å². The molecule has 1 heterocycles. The lowest BCUT2D eigenvalue weighted by Crippen LogP contribution is -2.29. The van der Waals surface area contributed by atoms with Crippen molar-refractivity contribution in [1.82, 2.24) is 0 Å². The van der Waals surface area contributed by atoms with Crippen LogP contribution in [-0.4, -0.2) is 18.6 Å². The number of amides is 1. The maximum atomic E-state index is 13.3. The summed E-state index contributed by atoms with van der Waals surface area (Å²) in [5.74, 6) is -0.495. The molecule has 2 rings (SSSR count). The summed E-state index contributed by atoms with van der Waals surface area (Å²) in [5.41, 5.74) is 1.35. The molecule has 1 fully saturated rings. The number of ether oxygens (including phenoxy) is 1. The summed E-state index contributed by atoms with van der Waals surface area (Å²) in [6, 6.07) is 3.00. The highest BCUT2D eigenvalue weighted by Gasteiger charge is 2.32. The molecule has 0 radical (unpaired) electrons. The van der Waals surface area contributed by atoms with E-state index < -0.39 is 0 Å². The van der Waals surface area contributed by atoms with Crippen molar-refractivity contribution in [2.75, 3.05) is 11.9 Å². The molecule has 0 saturated carbocycles. The van der Waals surface area contributed by atoms with Crippen LogP contribution in [0.2, 0.25) is 0 Å². The molecule has 19 heavy (non-hydrogen) atoms. The first-order valence-corrected chi connectivity index (χ1v) is 7.20.